The van der Waals surface area contributed by atoms with E-state index in [2.05, 4.69) is 6.92 Å². The molecule has 1 rings (SSSR count). The van der Waals surface area contributed by atoms with Crippen molar-refractivity contribution in [1.82, 2.24) is 0 Å². The summed E-state index contributed by atoms with van der Waals surface area (Å²) in [6.45, 7) is 5.90. The molecule has 0 saturated carbocycles. The van der Waals surface area contributed by atoms with Crippen LogP contribution in [0.3, 0.4) is 0 Å². The predicted octanol–water partition coefficient (Wildman–Crippen LogP) is 2.92. The second kappa shape index (κ2) is 6.34. The van der Waals surface area contributed by atoms with Gasteiger partial charge in [0.2, 0.25) is 0 Å². The molecule has 0 spiro atoms. The Kier molecular flexibility index (Phi) is 5.35. The first-order valence-corrected chi connectivity index (χ1v) is 8.10. The van der Waals surface area contributed by atoms with E-state index in [1.165, 1.54) is 0 Å². The molecule has 0 saturated heterocycles. The zero-order valence-electron chi connectivity index (χ0n) is 11.4. The molecular formula is C14H23NO2S. The lowest BCUT2D eigenvalue weighted by atomic mass is 10.0. The number of rotatable bonds is 6. The Morgan fingerprint density at radius 1 is 1.17 bits per heavy atom. The molecule has 1 atom stereocenters. The summed E-state index contributed by atoms with van der Waals surface area (Å²) in [6.07, 6.45) is 1.94. The molecule has 2 N–H and O–H groups in total. The smallest absolute Gasteiger partial charge is 0.178 e. The number of benzene rings is 1. The Balaban J connectivity index is 2.89. The number of sulfone groups is 1. The van der Waals surface area contributed by atoms with Crippen LogP contribution in [0.4, 0.5) is 0 Å². The molecule has 0 fully saturated rings. The molecule has 0 aliphatic heterocycles. The van der Waals surface area contributed by atoms with Gasteiger partial charge < -0.3 is 5.73 Å². The van der Waals surface area contributed by atoms with Crippen LogP contribution in [0.5, 0.6) is 0 Å². The maximum absolute atomic E-state index is 12.0. The van der Waals surface area contributed by atoms with Crippen LogP contribution in [-0.4, -0.2) is 14.2 Å². The van der Waals surface area contributed by atoms with Crippen molar-refractivity contribution in [3.8, 4) is 0 Å². The average molecular weight is 269 g/mol. The van der Waals surface area contributed by atoms with Crippen LogP contribution in [-0.2, 0) is 9.84 Å². The van der Waals surface area contributed by atoms with Crippen LogP contribution in [0.2, 0.25) is 0 Å². The van der Waals surface area contributed by atoms with Gasteiger partial charge in [-0.2, -0.15) is 0 Å². The Hall–Kier alpha value is -0.870. The largest absolute Gasteiger partial charge is 0.324 e. The highest BCUT2D eigenvalue weighted by Crippen LogP contribution is 2.20. The van der Waals surface area contributed by atoms with Gasteiger partial charge in [0, 0.05) is 6.04 Å². The SMILES string of the molecule is CCCC(N)c1ccc(S(=O)(=O)CC(C)C)cc1. The summed E-state index contributed by atoms with van der Waals surface area (Å²) in [6, 6.07) is 6.99. The topological polar surface area (TPSA) is 60.2 Å². The summed E-state index contributed by atoms with van der Waals surface area (Å²) >= 11 is 0. The van der Waals surface area contributed by atoms with E-state index in [9.17, 15) is 8.42 Å². The second-order valence-electron chi connectivity index (χ2n) is 5.14. The van der Waals surface area contributed by atoms with Gasteiger partial charge in [-0.25, -0.2) is 8.42 Å². The minimum absolute atomic E-state index is 0.00291. The Morgan fingerprint density at radius 2 is 1.72 bits per heavy atom. The Morgan fingerprint density at radius 3 is 2.17 bits per heavy atom. The molecule has 0 aliphatic rings. The van der Waals surface area contributed by atoms with E-state index in [-0.39, 0.29) is 17.7 Å². The van der Waals surface area contributed by atoms with Gasteiger partial charge in [-0.1, -0.05) is 39.3 Å². The van der Waals surface area contributed by atoms with Crippen molar-refractivity contribution in [2.75, 3.05) is 5.75 Å². The van der Waals surface area contributed by atoms with Crippen LogP contribution in [0.25, 0.3) is 0 Å². The summed E-state index contributed by atoms with van der Waals surface area (Å²) < 4.78 is 24.0. The molecule has 18 heavy (non-hydrogen) atoms. The highest BCUT2D eigenvalue weighted by atomic mass is 32.2. The van der Waals surface area contributed by atoms with Gasteiger partial charge in [0.15, 0.2) is 9.84 Å². The van der Waals surface area contributed by atoms with E-state index < -0.39 is 9.84 Å². The minimum Gasteiger partial charge on any atom is -0.324 e. The normalized spacial score (nSPS) is 13.8. The third kappa shape index (κ3) is 4.10. The monoisotopic (exact) mass is 269 g/mol. The summed E-state index contributed by atoms with van der Waals surface area (Å²) in [5.74, 6) is 0.324. The van der Waals surface area contributed by atoms with Gasteiger partial charge in [0.25, 0.3) is 0 Å². The van der Waals surface area contributed by atoms with E-state index in [1.54, 1.807) is 12.1 Å². The fourth-order valence-electron chi connectivity index (χ4n) is 1.94. The Labute approximate surface area is 110 Å². The first-order valence-electron chi connectivity index (χ1n) is 6.45. The second-order valence-corrected chi connectivity index (χ2v) is 7.17. The summed E-state index contributed by atoms with van der Waals surface area (Å²) in [7, 11) is -3.16. The lowest BCUT2D eigenvalue weighted by Crippen LogP contribution is -2.13. The van der Waals surface area contributed by atoms with Crippen molar-refractivity contribution < 1.29 is 8.42 Å². The molecular weight excluding hydrogens is 246 g/mol. The van der Waals surface area contributed by atoms with Crippen molar-refractivity contribution in [2.45, 2.75) is 44.6 Å². The van der Waals surface area contributed by atoms with Crippen LogP contribution < -0.4 is 5.73 Å². The molecule has 102 valence electrons. The highest BCUT2D eigenvalue weighted by molar-refractivity contribution is 7.91. The first-order chi connectivity index (χ1) is 8.36. The van der Waals surface area contributed by atoms with Gasteiger partial charge >= 0.3 is 0 Å². The highest BCUT2D eigenvalue weighted by Gasteiger charge is 2.16. The van der Waals surface area contributed by atoms with Crippen molar-refractivity contribution >= 4 is 9.84 Å². The van der Waals surface area contributed by atoms with Gasteiger partial charge in [0.1, 0.15) is 0 Å². The number of nitrogens with two attached hydrogens (primary N) is 1. The summed E-state index contributed by atoms with van der Waals surface area (Å²) in [5, 5.41) is 0. The molecule has 4 heteroatoms. The Bertz CT molecular complexity index is 463. The number of hydrogen-bond donors (Lipinski definition) is 1. The molecule has 0 aromatic heterocycles. The molecule has 0 radical (unpaired) electrons. The third-order valence-corrected chi connectivity index (χ3v) is 4.92. The van der Waals surface area contributed by atoms with Crippen molar-refractivity contribution in [2.24, 2.45) is 11.7 Å². The zero-order valence-corrected chi connectivity index (χ0v) is 12.2. The molecule has 1 aromatic carbocycles. The van der Waals surface area contributed by atoms with Gasteiger partial charge in [0.05, 0.1) is 10.6 Å². The quantitative estimate of drug-likeness (QED) is 0.863. The fraction of sp³-hybridized carbons (Fsp3) is 0.571. The zero-order chi connectivity index (χ0) is 13.8. The average Bonchev–Trinajstić information content (AvgIpc) is 2.28. The van der Waals surface area contributed by atoms with E-state index in [0.29, 0.717) is 4.90 Å². The van der Waals surface area contributed by atoms with Crippen LogP contribution in [0, 0.1) is 5.92 Å². The van der Waals surface area contributed by atoms with E-state index in [0.717, 1.165) is 18.4 Å². The van der Waals surface area contributed by atoms with E-state index in [4.69, 9.17) is 5.73 Å². The molecule has 3 nitrogen and oxygen atoms in total. The van der Waals surface area contributed by atoms with Crippen LogP contribution >= 0.6 is 0 Å². The summed E-state index contributed by atoms with van der Waals surface area (Å²) in [5.41, 5.74) is 7.00. The molecule has 0 aliphatic carbocycles. The van der Waals surface area contributed by atoms with Crippen molar-refractivity contribution in [1.29, 1.82) is 0 Å². The standard InChI is InChI=1S/C14H23NO2S/c1-4-5-14(15)12-6-8-13(9-7-12)18(16,17)10-11(2)3/h6-9,11,14H,4-5,10,15H2,1-3H3. The lowest BCUT2D eigenvalue weighted by Gasteiger charge is -2.12. The first kappa shape index (κ1) is 15.2. The fourth-order valence-corrected chi connectivity index (χ4v) is 3.56. The molecule has 0 bridgehead atoms. The molecule has 0 amide bonds. The molecule has 0 heterocycles. The van der Waals surface area contributed by atoms with E-state index in [1.807, 2.05) is 26.0 Å². The van der Waals surface area contributed by atoms with Crippen LogP contribution in [0.1, 0.15) is 45.2 Å². The van der Waals surface area contributed by atoms with Gasteiger partial charge in [-0.05, 0) is 30.0 Å². The number of hydrogen-bond acceptors (Lipinski definition) is 3. The third-order valence-electron chi connectivity index (χ3n) is 2.82. The lowest BCUT2D eigenvalue weighted by molar-refractivity contribution is 0.582. The maximum Gasteiger partial charge on any atom is 0.178 e. The van der Waals surface area contributed by atoms with Gasteiger partial charge in [-0.15, -0.1) is 0 Å². The van der Waals surface area contributed by atoms with Crippen LogP contribution in [0.15, 0.2) is 29.2 Å². The predicted molar refractivity (Wildman–Crippen MR) is 75.2 cm³/mol. The minimum atomic E-state index is -3.16. The van der Waals surface area contributed by atoms with Gasteiger partial charge in [-0.3, -0.25) is 0 Å². The van der Waals surface area contributed by atoms with Crippen molar-refractivity contribution in [3.63, 3.8) is 0 Å². The maximum atomic E-state index is 12.0. The molecule has 1 aromatic rings. The van der Waals surface area contributed by atoms with E-state index >= 15 is 0 Å². The molecule has 1 unspecified atom stereocenters. The van der Waals surface area contributed by atoms with Crippen molar-refractivity contribution in [3.05, 3.63) is 29.8 Å². The summed E-state index contributed by atoms with van der Waals surface area (Å²) in [4.78, 5) is 0.392.